The summed E-state index contributed by atoms with van der Waals surface area (Å²) in [5.74, 6) is 0.960. The number of aliphatic hydroxyl groups excluding tert-OH is 2. The molecular weight excluding hydrogens is 346 g/mol. The van der Waals surface area contributed by atoms with Gasteiger partial charge in [-0.3, -0.25) is 19.6 Å². The van der Waals surface area contributed by atoms with E-state index >= 15 is 0 Å². The van der Waals surface area contributed by atoms with Gasteiger partial charge in [0.05, 0.1) is 18.7 Å². The van der Waals surface area contributed by atoms with Gasteiger partial charge in [0.15, 0.2) is 5.78 Å². The first kappa shape index (κ1) is 20.5. The number of Topliss-reactive ketones (excluding diaryl/α,β-unsaturated/α-hetero) is 1. The summed E-state index contributed by atoms with van der Waals surface area (Å²) in [7, 11) is 0. The van der Waals surface area contributed by atoms with E-state index < -0.39 is 0 Å². The minimum absolute atomic E-state index is 0.0246. The second-order valence-corrected chi connectivity index (χ2v) is 7.84. The highest BCUT2D eigenvalue weighted by Crippen LogP contribution is 2.35. The summed E-state index contributed by atoms with van der Waals surface area (Å²) in [4.78, 5) is 21.5. The van der Waals surface area contributed by atoms with Crippen molar-refractivity contribution in [1.29, 1.82) is 0 Å². The second kappa shape index (κ2) is 10.3. The molecule has 7 heteroatoms. The molecule has 0 aromatic heterocycles. The molecule has 0 amide bonds. The molecule has 2 N–H and O–H groups in total. The monoisotopic (exact) mass is 379 g/mol. The van der Waals surface area contributed by atoms with Crippen LogP contribution < -0.4 is 0 Å². The van der Waals surface area contributed by atoms with Gasteiger partial charge in [-0.05, 0) is 24.7 Å². The fraction of sp³-hybridized carbons (Fsp3) is 0.800. The quantitative estimate of drug-likeness (QED) is 0.639. The van der Waals surface area contributed by atoms with Gasteiger partial charge < -0.3 is 14.9 Å². The van der Waals surface area contributed by atoms with Gasteiger partial charge in [-0.1, -0.05) is 0 Å². The topological polar surface area (TPSA) is 85.6 Å². The molecule has 2 fully saturated rings. The van der Waals surface area contributed by atoms with Crippen molar-refractivity contribution < 1.29 is 19.7 Å². The molecule has 0 aromatic carbocycles. The number of carbonyl (C=O) groups excluding carboxylic acids is 1. The first-order valence-corrected chi connectivity index (χ1v) is 10.3. The fourth-order valence-corrected chi connectivity index (χ4v) is 4.34. The third-order valence-corrected chi connectivity index (χ3v) is 6.09. The standard InChI is InChI=1S/C20H33N3O4/c24-10-9-23-7-5-22(6-8-23)4-3-21-15-18-19(25)13-17(14-20(18)26)16-1-11-27-12-2-16/h15-17,24-25H,1-14H2. The van der Waals surface area contributed by atoms with Crippen LogP contribution in [0.15, 0.2) is 16.3 Å². The lowest BCUT2D eigenvalue weighted by molar-refractivity contribution is -0.117. The normalized spacial score (nSPS) is 27.0. The first-order valence-electron chi connectivity index (χ1n) is 10.3. The number of ether oxygens (including phenoxy) is 1. The Kier molecular flexibility index (Phi) is 7.81. The lowest BCUT2D eigenvalue weighted by Gasteiger charge is -2.34. The van der Waals surface area contributed by atoms with Crippen LogP contribution in [0.4, 0.5) is 0 Å². The third-order valence-electron chi connectivity index (χ3n) is 6.09. The predicted octanol–water partition coefficient (Wildman–Crippen LogP) is 0.885. The minimum atomic E-state index is 0.0246. The van der Waals surface area contributed by atoms with Crippen LogP contribution >= 0.6 is 0 Å². The van der Waals surface area contributed by atoms with Crippen molar-refractivity contribution in [2.24, 2.45) is 16.8 Å². The van der Waals surface area contributed by atoms with E-state index in [9.17, 15) is 9.90 Å². The number of hydrogen-bond donors (Lipinski definition) is 2. The number of allylic oxidation sites excluding steroid dienone is 2. The summed E-state index contributed by atoms with van der Waals surface area (Å²) in [5.41, 5.74) is 0.408. The second-order valence-electron chi connectivity index (χ2n) is 7.84. The van der Waals surface area contributed by atoms with Crippen molar-refractivity contribution in [3.8, 4) is 0 Å². The van der Waals surface area contributed by atoms with Crippen molar-refractivity contribution in [3.63, 3.8) is 0 Å². The van der Waals surface area contributed by atoms with Gasteiger partial charge in [0.25, 0.3) is 0 Å². The zero-order chi connectivity index (χ0) is 19.1. The summed E-state index contributed by atoms with van der Waals surface area (Å²) < 4.78 is 5.40. The Morgan fingerprint density at radius 3 is 2.33 bits per heavy atom. The van der Waals surface area contributed by atoms with E-state index in [1.165, 1.54) is 0 Å². The molecule has 3 aliphatic rings. The molecule has 2 heterocycles. The van der Waals surface area contributed by atoms with E-state index in [4.69, 9.17) is 9.84 Å². The number of aliphatic hydroxyl groups is 2. The van der Waals surface area contributed by atoms with Gasteiger partial charge in [0, 0.05) is 71.5 Å². The van der Waals surface area contributed by atoms with Crippen molar-refractivity contribution in [1.82, 2.24) is 9.80 Å². The average Bonchev–Trinajstić information content (AvgIpc) is 2.69. The van der Waals surface area contributed by atoms with Gasteiger partial charge in [-0.2, -0.15) is 0 Å². The highest BCUT2D eigenvalue weighted by molar-refractivity contribution is 6.14. The summed E-state index contributed by atoms with van der Waals surface area (Å²) in [6, 6.07) is 0. The van der Waals surface area contributed by atoms with Gasteiger partial charge in [-0.15, -0.1) is 0 Å². The van der Waals surface area contributed by atoms with Crippen LogP contribution in [0.5, 0.6) is 0 Å². The van der Waals surface area contributed by atoms with Crippen molar-refractivity contribution in [2.45, 2.75) is 25.7 Å². The Hall–Kier alpha value is -1.28. The lowest BCUT2D eigenvalue weighted by atomic mass is 9.76. The number of hydrogen-bond acceptors (Lipinski definition) is 7. The van der Waals surface area contributed by atoms with Crippen molar-refractivity contribution in [2.75, 3.05) is 65.6 Å². The molecule has 1 unspecified atom stereocenters. The number of ketones is 1. The van der Waals surface area contributed by atoms with Crippen LogP contribution in [0.1, 0.15) is 25.7 Å². The molecule has 3 rings (SSSR count). The van der Waals surface area contributed by atoms with Crippen molar-refractivity contribution in [3.05, 3.63) is 11.3 Å². The number of aliphatic imine (C=N–C) groups is 1. The molecule has 0 bridgehead atoms. The number of nitrogens with zero attached hydrogens (tertiary/aromatic N) is 3. The molecule has 152 valence electrons. The largest absolute Gasteiger partial charge is 0.511 e. The van der Waals surface area contributed by atoms with E-state index in [0.29, 0.717) is 30.9 Å². The molecule has 1 aliphatic carbocycles. The Morgan fingerprint density at radius 2 is 1.70 bits per heavy atom. The Morgan fingerprint density at radius 1 is 1.04 bits per heavy atom. The maximum atomic E-state index is 12.5. The Balaban J connectivity index is 1.43. The highest BCUT2D eigenvalue weighted by atomic mass is 16.5. The summed E-state index contributed by atoms with van der Waals surface area (Å²) in [6.45, 7) is 7.90. The van der Waals surface area contributed by atoms with Gasteiger partial charge in [0.1, 0.15) is 5.76 Å². The lowest BCUT2D eigenvalue weighted by Crippen LogP contribution is -2.47. The van der Waals surface area contributed by atoms with Crippen LogP contribution in [-0.4, -0.2) is 97.6 Å². The molecule has 0 radical (unpaired) electrons. The molecule has 0 aromatic rings. The molecule has 7 nitrogen and oxygen atoms in total. The molecule has 2 aliphatic heterocycles. The Bertz CT molecular complexity index is 549. The predicted molar refractivity (Wildman–Crippen MR) is 104 cm³/mol. The van der Waals surface area contributed by atoms with E-state index in [1.54, 1.807) is 6.21 Å². The van der Waals surface area contributed by atoms with Crippen LogP contribution in [0, 0.1) is 11.8 Å². The SMILES string of the molecule is O=C1CC(C2CCOCC2)CC(O)=C1C=NCCN1CCN(CCO)CC1. The molecule has 0 saturated carbocycles. The maximum Gasteiger partial charge on any atom is 0.168 e. The van der Waals surface area contributed by atoms with Crippen LogP contribution in [0.2, 0.25) is 0 Å². The van der Waals surface area contributed by atoms with Crippen molar-refractivity contribution >= 4 is 12.0 Å². The molecule has 0 spiro atoms. The van der Waals surface area contributed by atoms with E-state index in [1.807, 2.05) is 0 Å². The van der Waals surface area contributed by atoms with Gasteiger partial charge in [-0.25, -0.2) is 0 Å². The zero-order valence-corrected chi connectivity index (χ0v) is 16.2. The number of carbonyl (C=O) groups is 1. The number of β-amino-alcohol motifs (C(OH)–C–C–N with tert-alkyl or cyclic N) is 1. The molecular formula is C20H33N3O4. The minimum Gasteiger partial charge on any atom is -0.511 e. The number of piperazine rings is 1. The van der Waals surface area contributed by atoms with Crippen LogP contribution in [0.25, 0.3) is 0 Å². The van der Waals surface area contributed by atoms with Gasteiger partial charge in [0.2, 0.25) is 0 Å². The molecule has 1 atom stereocenters. The smallest absolute Gasteiger partial charge is 0.168 e. The molecule has 27 heavy (non-hydrogen) atoms. The zero-order valence-electron chi connectivity index (χ0n) is 16.2. The number of rotatable bonds is 7. The fourth-order valence-electron chi connectivity index (χ4n) is 4.34. The first-order chi connectivity index (χ1) is 13.2. The Labute approximate surface area is 161 Å². The summed E-state index contributed by atoms with van der Waals surface area (Å²) in [5, 5.41) is 19.4. The highest BCUT2D eigenvalue weighted by Gasteiger charge is 2.32. The van der Waals surface area contributed by atoms with E-state index in [0.717, 1.165) is 65.3 Å². The summed E-state index contributed by atoms with van der Waals surface area (Å²) in [6.07, 6.45) is 4.66. The third kappa shape index (κ3) is 5.85. The van der Waals surface area contributed by atoms with Crippen LogP contribution in [-0.2, 0) is 9.53 Å². The maximum absolute atomic E-state index is 12.5. The molecule has 2 saturated heterocycles. The van der Waals surface area contributed by atoms with Gasteiger partial charge >= 0.3 is 0 Å². The average molecular weight is 380 g/mol. The van der Waals surface area contributed by atoms with Crippen LogP contribution in [0.3, 0.4) is 0 Å². The van der Waals surface area contributed by atoms with E-state index in [2.05, 4.69) is 14.8 Å². The summed E-state index contributed by atoms with van der Waals surface area (Å²) >= 11 is 0. The van der Waals surface area contributed by atoms with E-state index in [-0.39, 0.29) is 24.1 Å².